The van der Waals surface area contributed by atoms with Gasteiger partial charge in [-0.25, -0.2) is 0 Å². The number of ether oxygens (including phenoxy) is 3. The Morgan fingerprint density at radius 2 is 1.93 bits per heavy atom. The Labute approximate surface area is 175 Å². The van der Waals surface area contributed by atoms with Gasteiger partial charge in [-0.1, -0.05) is 30.3 Å². The lowest BCUT2D eigenvalue weighted by Crippen LogP contribution is -2.63. The number of cyclic esters (lactones) is 1. The Morgan fingerprint density at radius 3 is 2.63 bits per heavy atom. The van der Waals surface area contributed by atoms with Crippen LogP contribution in [0.1, 0.15) is 44.3 Å². The van der Waals surface area contributed by atoms with E-state index in [0.717, 1.165) is 17.7 Å². The molecule has 3 aliphatic carbocycles. The lowest BCUT2D eigenvalue weighted by molar-refractivity contribution is -0.190. The first-order valence-corrected chi connectivity index (χ1v) is 10.7. The van der Waals surface area contributed by atoms with Gasteiger partial charge < -0.3 is 14.2 Å². The largest absolute Gasteiger partial charge is 0.501 e. The molecular formula is C24H26O6. The summed E-state index contributed by atoms with van der Waals surface area (Å²) >= 11 is 0. The summed E-state index contributed by atoms with van der Waals surface area (Å²) < 4.78 is 16.8. The quantitative estimate of drug-likeness (QED) is 0.711. The van der Waals surface area contributed by atoms with Crippen molar-refractivity contribution >= 4 is 17.7 Å². The van der Waals surface area contributed by atoms with Crippen molar-refractivity contribution in [2.45, 2.75) is 44.8 Å². The number of hydrogen-bond donors (Lipinski definition) is 0. The van der Waals surface area contributed by atoms with Crippen LogP contribution in [0.15, 0.2) is 42.2 Å². The van der Waals surface area contributed by atoms with E-state index in [1.807, 2.05) is 30.3 Å². The second-order valence-corrected chi connectivity index (χ2v) is 9.01. The van der Waals surface area contributed by atoms with Gasteiger partial charge in [0.1, 0.15) is 6.10 Å². The van der Waals surface area contributed by atoms with E-state index in [2.05, 4.69) is 6.08 Å². The summed E-state index contributed by atoms with van der Waals surface area (Å²) in [6, 6.07) is 9.69. The molecule has 7 atom stereocenters. The second kappa shape index (κ2) is 6.96. The average Bonchev–Trinajstić information content (AvgIpc) is 2.73. The molecule has 1 heterocycles. The van der Waals surface area contributed by atoms with Crippen molar-refractivity contribution in [3.63, 3.8) is 0 Å². The Hall–Kier alpha value is -2.63. The molecule has 0 bridgehead atoms. The average molecular weight is 410 g/mol. The zero-order chi connectivity index (χ0) is 21.0. The number of carbonyl (C=O) groups excluding carboxylic acids is 3. The number of ketones is 1. The van der Waals surface area contributed by atoms with Gasteiger partial charge in [-0.05, 0) is 36.8 Å². The van der Waals surface area contributed by atoms with Crippen LogP contribution < -0.4 is 0 Å². The van der Waals surface area contributed by atoms with E-state index in [4.69, 9.17) is 14.2 Å². The van der Waals surface area contributed by atoms with Crippen LogP contribution >= 0.6 is 0 Å². The fourth-order valence-electron chi connectivity index (χ4n) is 6.43. The number of fused-ring (bicyclic) bond motifs is 2. The third-order valence-electron chi connectivity index (χ3n) is 7.65. The van der Waals surface area contributed by atoms with Gasteiger partial charge in [-0.15, -0.1) is 0 Å². The van der Waals surface area contributed by atoms with Gasteiger partial charge in [0.25, 0.3) is 0 Å². The van der Waals surface area contributed by atoms with Crippen molar-refractivity contribution in [1.29, 1.82) is 0 Å². The molecule has 6 nitrogen and oxygen atoms in total. The van der Waals surface area contributed by atoms with E-state index >= 15 is 0 Å². The summed E-state index contributed by atoms with van der Waals surface area (Å²) in [6.07, 6.45) is 3.47. The molecule has 158 valence electrons. The molecule has 0 N–H and O–H groups in total. The third-order valence-corrected chi connectivity index (χ3v) is 7.65. The molecule has 1 saturated heterocycles. The van der Waals surface area contributed by atoms with Crippen LogP contribution in [0.25, 0.3) is 0 Å². The second-order valence-electron chi connectivity index (χ2n) is 9.01. The molecule has 0 radical (unpaired) electrons. The maximum absolute atomic E-state index is 13.6. The van der Waals surface area contributed by atoms with Crippen molar-refractivity contribution < 1.29 is 28.6 Å². The highest BCUT2D eigenvalue weighted by Gasteiger charge is 2.66. The SMILES string of the molecule is COC1=C[C@@]23CC[C@H]4C(=O)O[C@H](c5ccccc5)C[C@@H]4[C@H]2C(=O)[C@@H](OC(C)=O)C[C@@H]13. The normalized spacial score (nSPS) is 39.3. The number of rotatable bonds is 3. The van der Waals surface area contributed by atoms with Crippen molar-refractivity contribution in [1.82, 2.24) is 0 Å². The van der Waals surface area contributed by atoms with Gasteiger partial charge in [-0.2, -0.15) is 0 Å². The standard InChI is InChI=1S/C24H26O6/c1-13(25)29-19-11-17-20(28-2)12-24(17)9-8-15-16(21(24)22(19)26)10-18(30-23(15)27)14-6-4-3-5-7-14/h3-7,12,15-19,21H,8-11H2,1-2H3/t15-,16+,17+,18+,19+,21+,24-/m1/s1. The smallest absolute Gasteiger partial charge is 0.309 e. The fraction of sp³-hybridized carbons (Fsp3) is 0.542. The molecule has 0 aromatic heterocycles. The predicted octanol–water partition coefficient (Wildman–Crippen LogP) is 3.37. The molecule has 30 heavy (non-hydrogen) atoms. The first-order chi connectivity index (χ1) is 14.4. The minimum absolute atomic E-state index is 0.0450. The molecule has 1 aromatic carbocycles. The van der Waals surface area contributed by atoms with Gasteiger partial charge in [0.15, 0.2) is 11.9 Å². The molecule has 1 aliphatic heterocycles. The number of hydrogen-bond acceptors (Lipinski definition) is 6. The Kier molecular flexibility index (Phi) is 4.49. The summed E-state index contributed by atoms with van der Waals surface area (Å²) in [6.45, 7) is 1.33. The number of benzene rings is 1. The molecule has 1 spiro atoms. The Balaban J connectivity index is 1.53. The number of Topliss-reactive ketones (excluding diaryl/α,β-unsaturated/α-hetero) is 1. The van der Waals surface area contributed by atoms with E-state index in [1.165, 1.54) is 6.92 Å². The molecule has 5 rings (SSSR count). The van der Waals surface area contributed by atoms with E-state index in [9.17, 15) is 14.4 Å². The van der Waals surface area contributed by atoms with Crippen molar-refractivity contribution in [3.8, 4) is 0 Å². The molecule has 3 fully saturated rings. The number of allylic oxidation sites excluding steroid dienone is 2. The highest BCUT2D eigenvalue weighted by Crippen LogP contribution is 2.66. The molecule has 1 aromatic rings. The van der Waals surface area contributed by atoms with Crippen molar-refractivity contribution in [3.05, 3.63) is 47.7 Å². The molecule has 0 unspecified atom stereocenters. The van der Waals surface area contributed by atoms with Crippen LogP contribution in [0, 0.1) is 29.1 Å². The summed E-state index contributed by atoms with van der Waals surface area (Å²) in [5.74, 6) is -0.606. The highest BCUT2D eigenvalue weighted by atomic mass is 16.6. The summed E-state index contributed by atoms with van der Waals surface area (Å²) in [5, 5.41) is 0. The zero-order valence-corrected chi connectivity index (χ0v) is 17.2. The van der Waals surface area contributed by atoms with Crippen LogP contribution in [0.5, 0.6) is 0 Å². The predicted molar refractivity (Wildman–Crippen MR) is 106 cm³/mol. The first-order valence-electron chi connectivity index (χ1n) is 10.7. The minimum atomic E-state index is -0.781. The maximum Gasteiger partial charge on any atom is 0.309 e. The summed E-state index contributed by atoms with van der Waals surface area (Å²) in [4.78, 5) is 38.1. The van der Waals surface area contributed by atoms with Gasteiger partial charge >= 0.3 is 11.9 Å². The summed E-state index contributed by atoms with van der Waals surface area (Å²) in [5.41, 5.74) is 0.640. The lowest BCUT2D eigenvalue weighted by Gasteiger charge is -2.61. The molecule has 0 amide bonds. The maximum atomic E-state index is 13.6. The number of esters is 2. The van der Waals surface area contributed by atoms with Gasteiger partial charge in [-0.3, -0.25) is 14.4 Å². The van der Waals surface area contributed by atoms with Gasteiger partial charge in [0.05, 0.1) is 18.8 Å². The Bertz CT molecular complexity index is 921. The molecule has 2 saturated carbocycles. The Morgan fingerprint density at radius 1 is 1.17 bits per heavy atom. The molecule has 6 heteroatoms. The van der Waals surface area contributed by atoms with E-state index in [1.54, 1.807) is 7.11 Å². The summed E-state index contributed by atoms with van der Waals surface area (Å²) in [7, 11) is 1.64. The van der Waals surface area contributed by atoms with E-state index in [-0.39, 0.29) is 46.9 Å². The molecular weight excluding hydrogens is 384 g/mol. The topological polar surface area (TPSA) is 78.9 Å². The lowest BCUT2D eigenvalue weighted by atomic mass is 9.43. The van der Waals surface area contributed by atoms with E-state index in [0.29, 0.717) is 19.3 Å². The minimum Gasteiger partial charge on any atom is -0.501 e. The van der Waals surface area contributed by atoms with E-state index < -0.39 is 12.1 Å². The first kappa shape index (κ1) is 19.3. The van der Waals surface area contributed by atoms with Gasteiger partial charge in [0, 0.05) is 30.6 Å². The monoisotopic (exact) mass is 410 g/mol. The van der Waals surface area contributed by atoms with Crippen LogP contribution in [-0.4, -0.2) is 30.9 Å². The van der Waals surface area contributed by atoms with Crippen LogP contribution in [0.3, 0.4) is 0 Å². The third kappa shape index (κ3) is 2.72. The molecule has 4 aliphatic rings. The van der Waals surface area contributed by atoms with Crippen LogP contribution in [-0.2, 0) is 28.6 Å². The van der Waals surface area contributed by atoms with Crippen LogP contribution in [0.4, 0.5) is 0 Å². The van der Waals surface area contributed by atoms with Crippen molar-refractivity contribution in [2.24, 2.45) is 29.1 Å². The van der Waals surface area contributed by atoms with Gasteiger partial charge in [0.2, 0.25) is 0 Å². The fourth-order valence-corrected chi connectivity index (χ4v) is 6.43. The number of methoxy groups -OCH3 is 1. The highest BCUT2D eigenvalue weighted by molar-refractivity contribution is 5.91. The zero-order valence-electron chi connectivity index (χ0n) is 17.2. The van der Waals surface area contributed by atoms with Crippen molar-refractivity contribution in [2.75, 3.05) is 7.11 Å². The van der Waals surface area contributed by atoms with Crippen LogP contribution in [0.2, 0.25) is 0 Å². The number of carbonyl (C=O) groups is 3.